The second kappa shape index (κ2) is 10.7. The van der Waals surface area contributed by atoms with E-state index in [2.05, 4.69) is 22.0 Å². The van der Waals surface area contributed by atoms with E-state index >= 15 is 0 Å². The number of morpholine rings is 1. The molecule has 0 unspecified atom stereocenters. The highest BCUT2D eigenvalue weighted by molar-refractivity contribution is 7.71. The Balaban J connectivity index is 1.59. The summed E-state index contributed by atoms with van der Waals surface area (Å²) >= 11 is 5.64. The van der Waals surface area contributed by atoms with E-state index in [4.69, 9.17) is 26.1 Å². The lowest BCUT2D eigenvalue weighted by Gasteiger charge is -2.25. The van der Waals surface area contributed by atoms with Crippen LogP contribution < -0.4 is 4.74 Å². The van der Waals surface area contributed by atoms with Crippen LogP contribution in [-0.4, -0.2) is 63.9 Å². The van der Waals surface area contributed by atoms with Gasteiger partial charge in [0.1, 0.15) is 17.3 Å². The van der Waals surface area contributed by atoms with E-state index in [0.717, 1.165) is 31.8 Å². The van der Waals surface area contributed by atoms with Gasteiger partial charge in [0.05, 0.1) is 49.8 Å². The average Bonchev–Trinajstić information content (AvgIpc) is 3.43. The predicted octanol–water partition coefficient (Wildman–Crippen LogP) is 3.72. The predicted molar refractivity (Wildman–Crippen MR) is 128 cm³/mol. The summed E-state index contributed by atoms with van der Waals surface area (Å²) in [5.74, 6) is 1.95. The van der Waals surface area contributed by atoms with E-state index in [1.807, 2.05) is 0 Å². The third-order valence-corrected chi connectivity index (χ3v) is 5.77. The van der Waals surface area contributed by atoms with Crippen LogP contribution in [0.1, 0.15) is 24.9 Å². The molecule has 0 atom stereocenters. The fourth-order valence-corrected chi connectivity index (χ4v) is 3.89. The van der Waals surface area contributed by atoms with Gasteiger partial charge in [-0.25, -0.2) is 4.68 Å². The van der Waals surface area contributed by atoms with Crippen molar-refractivity contribution in [3.05, 3.63) is 56.8 Å². The summed E-state index contributed by atoms with van der Waals surface area (Å²) in [5.41, 5.74) is 0.251. The van der Waals surface area contributed by atoms with Gasteiger partial charge in [-0.15, -0.1) is 0 Å². The lowest BCUT2D eigenvalue weighted by atomic mass is 10.1. The van der Waals surface area contributed by atoms with Crippen molar-refractivity contribution in [2.45, 2.75) is 26.4 Å². The van der Waals surface area contributed by atoms with Crippen molar-refractivity contribution in [3.8, 4) is 17.1 Å². The number of nitrogens with zero attached hydrogens (tertiary/aromatic N) is 6. The van der Waals surface area contributed by atoms with Gasteiger partial charge >= 0.3 is 0 Å². The molecule has 1 saturated heterocycles. The second-order valence-electron chi connectivity index (χ2n) is 7.72. The number of rotatable bonds is 9. The zero-order chi connectivity index (χ0) is 24.1. The molecule has 1 aliphatic heterocycles. The van der Waals surface area contributed by atoms with Crippen molar-refractivity contribution in [2.75, 3.05) is 33.4 Å². The number of hydrogen-bond donors (Lipinski definition) is 0. The minimum absolute atomic E-state index is 0.103. The molecule has 0 amide bonds. The molecule has 0 saturated carbocycles. The molecule has 11 nitrogen and oxygen atoms in total. The van der Waals surface area contributed by atoms with Crippen molar-refractivity contribution in [1.82, 2.24) is 19.4 Å². The molecule has 3 aromatic rings. The number of hydrogen-bond acceptors (Lipinski definition) is 9. The van der Waals surface area contributed by atoms with Crippen molar-refractivity contribution in [1.29, 1.82) is 0 Å². The maximum atomic E-state index is 11.5. The molecular formula is C22H26N6O5S. The molecule has 1 aliphatic rings. The van der Waals surface area contributed by atoms with Crippen molar-refractivity contribution in [2.24, 2.45) is 5.10 Å². The molecule has 1 fully saturated rings. The van der Waals surface area contributed by atoms with E-state index in [0.29, 0.717) is 47.5 Å². The summed E-state index contributed by atoms with van der Waals surface area (Å²) in [6.07, 6.45) is 3.15. The molecule has 0 aliphatic carbocycles. The number of nitro groups is 1. The number of nitro benzene ring substituents is 1. The Morgan fingerprint density at radius 2 is 2.09 bits per heavy atom. The first-order chi connectivity index (χ1) is 16.5. The van der Waals surface area contributed by atoms with Gasteiger partial charge in [-0.3, -0.25) is 15.0 Å². The van der Waals surface area contributed by atoms with Gasteiger partial charge in [-0.2, -0.15) is 14.9 Å². The molecule has 12 heteroatoms. The zero-order valence-electron chi connectivity index (χ0n) is 19.0. The van der Waals surface area contributed by atoms with Crippen molar-refractivity contribution in [3.63, 3.8) is 0 Å². The van der Waals surface area contributed by atoms with Crippen molar-refractivity contribution < 1.29 is 18.8 Å². The summed E-state index contributed by atoms with van der Waals surface area (Å²) < 4.78 is 20.2. The van der Waals surface area contributed by atoms with Gasteiger partial charge in [0.25, 0.3) is 5.69 Å². The number of furan rings is 1. The normalized spacial score (nSPS) is 14.6. The summed E-state index contributed by atoms with van der Waals surface area (Å²) in [7, 11) is 1.46. The van der Waals surface area contributed by atoms with E-state index in [9.17, 15) is 10.1 Å². The largest absolute Gasteiger partial charge is 0.497 e. The van der Waals surface area contributed by atoms with Crippen molar-refractivity contribution >= 4 is 24.1 Å². The van der Waals surface area contributed by atoms with Gasteiger partial charge in [0.2, 0.25) is 4.77 Å². The molecule has 2 aromatic heterocycles. The summed E-state index contributed by atoms with van der Waals surface area (Å²) in [4.78, 5) is 13.3. The maximum absolute atomic E-state index is 11.5. The summed E-state index contributed by atoms with van der Waals surface area (Å²) in [6.45, 7) is 5.69. The molecule has 34 heavy (non-hydrogen) atoms. The standard InChI is InChI=1S/C22H26N6O5S/c1-3-4-21-24-26(15-25-9-11-32-12-10-25)22(34)27(21)23-14-17-6-8-20(33-17)18-7-5-16(31-2)13-19(18)28(29)30/h5-8,13-14H,3-4,9-12,15H2,1-2H3/b23-14+. The highest BCUT2D eigenvalue weighted by Crippen LogP contribution is 2.33. The first kappa shape index (κ1) is 23.8. The molecule has 0 bridgehead atoms. The van der Waals surface area contributed by atoms with Gasteiger partial charge in [0, 0.05) is 19.5 Å². The highest BCUT2D eigenvalue weighted by Gasteiger charge is 2.19. The molecule has 0 spiro atoms. The maximum Gasteiger partial charge on any atom is 0.284 e. The van der Waals surface area contributed by atoms with Crippen LogP contribution in [0.4, 0.5) is 5.69 Å². The van der Waals surface area contributed by atoms with Gasteiger partial charge in [0.15, 0.2) is 5.82 Å². The summed E-state index contributed by atoms with van der Waals surface area (Å²) in [6, 6.07) is 7.99. The van der Waals surface area contributed by atoms with Crippen LogP contribution in [0.15, 0.2) is 39.9 Å². The topological polar surface area (TPSA) is 113 Å². The molecule has 4 rings (SSSR count). The quantitative estimate of drug-likeness (QED) is 0.195. The Bertz CT molecular complexity index is 1240. The molecular weight excluding hydrogens is 460 g/mol. The Morgan fingerprint density at radius 3 is 2.79 bits per heavy atom. The second-order valence-corrected chi connectivity index (χ2v) is 8.08. The van der Waals surface area contributed by atoms with Gasteiger partial charge in [-0.1, -0.05) is 6.92 Å². The smallest absolute Gasteiger partial charge is 0.284 e. The monoisotopic (exact) mass is 486 g/mol. The van der Waals surface area contributed by atoms with Crippen LogP contribution in [0.2, 0.25) is 0 Å². The average molecular weight is 487 g/mol. The molecule has 1 aromatic carbocycles. The Hall–Kier alpha value is -3.35. The number of ether oxygens (including phenoxy) is 2. The van der Waals surface area contributed by atoms with Crippen LogP contribution in [-0.2, 0) is 17.8 Å². The first-order valence-electron chi connectivity index (χ1n) is 11.0. The van der Waals surface area contributed by atoms with E-state index in [1.165, 1.54) is 19.4 Å². The molecule has 0 N–H and O–H groups in total. The molecule has 0 radical (unpaired) electrons. The minimum atomic E-state index is -0.465. The van der Waals surface area contributed by atoms with E-state index in [-0.39, 0.29) is 5.69 Å². The lowest BCUT2D eigenvalue weighted by Crippen LogP contribution is -2.37. The zero-order valence-corrected chi connectivity index (χ0v) is 19.9. The summed E-state index contributed by atoms with van der Waals surface area (Å²) in [5, 5.41) is 20.7. The van der Waals surface area contributed by atoms with E-state index in [1.54, 1.807) is 33.6 Å². The first-order valence-corrected chi connectivity index (χ1v) is 11.4. The molecule has 180 valence electrons. The van der Waals surface area contributed by atoms with Gasteiger partial charge in [-0.05, 0) is 42.9 Å². The highest BCUT2D eigenvalue weighted by atomic mass is 32.1. The van der Waals surface area contributed by atoms with Crippen LogP contribution >= 0.6 is 12.2 Å². The SMILES string of the molecule is CCCc1nn(CN2CCOCC2)c(=S)n1/N=C/c1ccc(-c2ccc(OC)cc2[N+](=O)[O-])o1. The minimum Gasteiger partial charge on any atom is -0.497 e. The van der Waals surface area contributed by atoms with E-state index < -0.39 is 4.92 Å². The fourth-order valence-electron chi connectivity index (χ4n) is 3.64. The Labute approximate surface area is 201 Å². The van der Waals surface area contributed by atoms with Gasteiger partial charge < -0.3 is 13.9 Å². The Kier molecular flexibility index (Phi) is 7.50. The number of methoxy groups -OCH3 is 1. The van der Waals surface area contributed by atoms with Crippen LogP contribution in [0.25, 0.3) is 11.3 Å². The van der Waals surface area contributed by atoms with Crippen LogP contribution in [0.5, 0.6) is 5.75 Å². The fraction of sp³-hybridized carbons (Fsp3) is 0.409. The third-order valence-electron chi connectivity index (χ3n) is 5.39. The Morgan fingerprint density at radius 1 is 1.29 bits per heavy atom. The van der Waals surface area contributed by atoms with Crippen LogP contribution in [0, 0.1) is 14.9 Å². The third kappa shape index (κ3) is 5.24. The number of aryl methyl sites for hydroxylation is 1. The lowest BCUT2D eigenvalue weighted by molar-refractivity contribution is -0.384. The molecule has 3 heterocycles. The van der Waals surface area contributed by atoms with Crippen LogP contribution in [0.3, 0.4) is 0 Å². The number of aromatic nitrogens is 3. The number of benzene rings is 1.